The van der Waals surface area contributed by atoms with Crippen molar-refractivity contribution in [2.24, 2.45) is 0 Å². The lowest BCUT2D eigenvalue weighted by atomic mass is 10.3. The van der Waals surface area contributed by atoms with Crippen molar-refractivity contribution in [2.75, 3.05) is 0 Å². The van der Waals surface area contributed by atoms with Gasteiger partial charge < -0.3 is 4.42 Å². The second-order valence-electron chi connectivity index (χ2n) is 2.50. The van der Waals surface area contributed by atoms with E-state index in [2.05, 4.69) is 9.97 Å². The average molecular weight is 160 g/mol. The molecule has 0 saturated carbocycles. The van der Waals surface area contributed by atoms with Crippen LogP contribution in [0.25, 0.3) is 11.5 Å². The SMILES string of the molecule is Cc1ccc(-c2cnccn2)o1. The van der Waals surface area contributed by atoms with Gasteiger partial charge in [-0.3, -0.25) is 4.98 Å². The Morgan fingerprint density at radius 2 is 2.17 bits per heavy atom. The molecule has 0 aliphatic rings. The third-order valence-electron chi connectivity index (χ3n) is 1.56. The lowest BCUT2D eigenvalue weighted by molar-refractivity contribution is 0.546. The van der Waals surface area contributed by atoms with Crippen LogP contribution in [-0.4, -0.2) is 9.97 Å². The number of hydrogen-bond acceptors (Lipinski definition) is 3. The summed E-state index contributed by atoms with van der Waals surface area (Å²) in [5.74, 6) is 1.65. The second kappa shape index (κ2) is 2.77. The van der Waals surface area contributed by atoms with Crippen LogP contribution in [0.3, 0.4) is 0 Å². The standard InChI is InChI=1S/C9H8N2O/c1-7-2-3-9(12-7)8-6-10-4-5-11-8/h2-6H,1H3. The Bertz CT molecular complexity index is 367. The van der Waals surface area contributed by atoms with Gasteiger partial charge in [-0.25, -0.2) is 4.98 Å². The van der Waals surface area contributed by atoms with Crippen molar-refractivity contribution in [1.82, 2.24) is 9.97 Å². The van der Waals surface area contributed by atoms with E-state index in [9.17, 15) is 0 Å². The molecule has 0 saturated heterocycles. The maximum Gasteiger partial charge on any atom is 0.154 e. The molecular weight excluding hydrogens is 152 g/mol. The number of furan rings is 1. The predicted molar refractivity (Wildman–Crippen MR) is 44.5 cm³/mol. The lowest BCUT2D eigenvalue weighted by Crippen LogP contribution is -1.80. The van der Waals surface area contributed by atoms with Gasteiger partial charge in [-0.1, -0.05) is 0 Å². The highest BCUT2D eigenvalue weighted by molar-refractivity contribution is 5.50. The molecule has 0 N–H and O–H groups in total. The quantitative estimate of drug-likeness (QED) is 0.640. The topological polar surface area (TPSA) is 38.9 Å². The molecule has 0 aliphatic carbocycles. The summed E-state index contributed by atoms with van der Waals surface area (Å²) in [5, 5.41) is 0. The molecule has 0 aromatic carbocycles. The van der Waals surface area contributed by atoms with Crippen LogP contribution in [0.15, 0.2) is 35.1 Å². The van der Waals surface area contributed by atoms with E-state index in [1.807, 2.05) is 19.1 Å². The molecule has 0 bridgehead atoms. The van der Waals surface area contributed by atoms with Crippen molar-refractivity contribution in [1.29, 1.82) is 0 Å². The molecule has 2 rings (SSSR count). The third kappa shape index (κ3) is 1.21. The van der Waals surface area contributed by atoms with Crippen LogP contribution >= 0.6 is 0 Å². The number of hydrogen-bond donors (Lipinski definition) is 0. The van der Waals surface area contributed by atoms with E-state index in [1.54, 1.807) is 18.6 Å². The van der Waals surface area contributed by atoms with Crippen LogP contribution in [0, 0.1) is 6.92 Å². The predicted octanol–water partition coefficient (Wildman–Crippen LogP) is 2.05. The highest BCUT2D eigenvalue weighted by Crippen LogP contribution is 2.17. The minimum absolute atomic E-state index is 0.764. The van der Waals surface area contributed by atoms with Gasteiger partial charge in [0.25, 0.3) is 0 Å². The molecule has 0 atom stereocenters. The molecule has 2 aromatic rings. The Morgan fingerprint density at radius 3 is 2.75 bits per heavy atom. The summed E-state index contributed by atoms with van der Waals surface area (Å²) in [7, 11) is 0. The molecule has 60 valence electrons. The molecule has 0 spiro atoms. The van der Waals surface area contributed by atoms with E-state index in [-0.39, 0.29) is 0 Å². The van der Waals surface area contributed by atoms with Crippen LogP contribution in [0.2, 0.25) is 0 Å². The zero-order valence-electron chi connectivity index (χ0n) is 6.69. The molecule has 0 unspecified atom stereocenters. The van der Waals surface area contributed by atoms with E-state index in [4.69, 9.17) is 4.42 Å². The van der Waals surface area contributed by atoms with E-state index in [1.165, 1.54) is 0 Å². The minimum Gasteiger partial charge on any atom is -0.460 e. The Hall–Kier alpha value is -1.64. The van der Waals surface area contributed by atoms with Gasteiger partial charge >= 0.3 is 0 Å². The Balaban J connectivity index is 2.45. The number of rotatable bonds is 1. The number of nitrogens with zero attached hydrogens (tertiary/aromatic N) is 2. The summed E-state index contributed by atoms with van der Waals surface area (Å²) in [4.78, 5) is 8.05. The van der Waals surface area contributed by atoms with Crippen LogP contribution in [0.1, 0.15) is 5.76 Å². The van der Waals surface area contributed by atoms with Gasteiger partial charge in [0, 0.05) is 12.4 Å². The zero-order valence-corrected chi connectivity index (χ0v) is 6.69. The first-order valence-electron chi connectivity index (χ1n) is 3.69. The summed E-state index contributed by atoms with van der Waals surface area (Å²) >= 11 is 0. The highest BCUT2D eigenvalue weighted by atomic mass is 16.3. The van der Waals surface area contributed by atoms with Gasteiger partial charge in [0.2, 0.25) is 0 Å². The van der Waals surface area contributed by atoms with Gasteiger partial charge in [-0.15, -0.1) is 0 Å². The molecule has 3 nitrogen and oxygen atoms in total. The van der Waals surface area contributed by atoms with Crippen molar-refractivity contribution < 1.29 is 4.42 Å². The first-order valence-corrected chi connectivity index (χ1v) is 3.69. The second-order valence-corrected chi connectivity index (χ2v) is 2.50. The van der Waals surface area contributed by atoms with Crippen LogP contribution < -0.4 is 0 Å². The van der Waals surface area contributed by atoms with E-state index >= 15 is 0 Å². The summed E-state index contributed by atoms with van der Waals surface area (Å²) in [5.41, 5.74) is 0.769. The summed E-state index contributed by atoms with van der Waals surface area (Å²) in [6, 6.07) is 3.80. The fourth-order valence-electron chi connectivity index (χ4n) is 0.999. The number of aromatic nitrogens is 2. The first-order chi connectivity index (χ1) is 5.86. The fraction of sp³-hybridized carbons (Fsp3) is 0.111. The number of aryl methyl sites for hydroxylation is 1. The van der Waals surface area contributed by atoms with Crippen LogP contribution in [0.4, 0.5) is 0 Å². The Labute approximate surface area is 70.1 Å². The zero-order chi connectivity index (χ0) is 8.39. The Morgan fingerprint density at radius 1 is 1.25 bits per heavy atom. The van der Waals surface area contributed by atoms with E-state index in [0.717, 1.165) is 17.2 Å². The van der Waals surface area contributed by atoms with E-state index in [0.29, 0.717) is 0 Å². The van der Waals surface area contributed by atoms with Crippen molar-refractivity contribution in [3.63, 3.8) is 0 Å². The van der Waals surface area contributed by atoms with Gasteiger partial charge in [-0.2, -0.15) is 0 Å². The monoisotopic (exact) mass is 160 g/mol. The van der Waals surface area contributed by atoms with Crippen molar-refractivity contribution in [2.45, 2.75) is 6.92 Å². The van der Waals surface area contributed by atoms with Crippen molar-refractivity contribution in [3.05, 3.63) is 36.5 Å². The largest absolute Gasteiger partial charge is 0.460 e. The molecule has 2 aromatic heterocycles. The molecule has 0 aliphatic heterocycles. The molecule has 0 radical (unpaired) electrons. The first kappa shape index (κ1) is 7.03. The van der Waals surface area contributed by atoms with E-state index < -0.39 is 0 Å². The summed E-state index contributed by atoms with van der Waals surface area (Å²) in [6.07, 6.45) is 4.96. The van der Waals surface area contributed by atoms with Gasteiger partial charge in [-0.05, 0) is 19.1 Å². The molecule has 0 fully saturated rings. The summed E-state index contributed by atoms with van der Waals surface area (Å²) in [6.45, 7) is 1.90. The third-order valence-corrected chi connectivity index (χ3v) is 1.56. The molecular formula is C9H8N2O. The van der Waals surface area contributed by atoms with Gasteiger partial charge in [0.05, 0.1) is 6.20 Å². The average Bonchev–Trinajstić information content (AvgIpc) is 2.54. The lowest BCUT2D eigenvalue weighted by Gasteiger charge is -1.92. The Kier molecular flexibility index (Phi) is 1.63. The molecule has 0 amide bonds. The maximum atomic E-state index is 5.37. The highest BCUT2D eigenvalue weighted by Gasteiger charge is 2.01. The van der Waals surface area contributed by atoms with Crippen molar-refractivity contribution >= 4 is 0 Å². The van der Waals surface area contributed by atoms with Gasteiger partial charge in [0.1, 0.15) is 11.5 Å². The van der Waals surface area contributed by atoms with Crippen LogP contribution in [-0.2, 0) is 0 Å². The molecule has 2 heterocycles. The van der Waals surface area contributed by atoms with Gasteiger partial charge in [0.15, 0.2) is 5.76 Å². The molecule has 3 heteroatoms. The fourth-order valence-corrected chi connectivity index (χ4v) is 0.999. The smallest absolute Gasteiger partial charge is 0.154 e. The summed E-state index contributed by atoms with van der Waals surface area (Å²) < 4.78 is 5.37. The molecule has 12 heavy (non-hydrogen) atoms. The maximum absolute atomic E-state index is 5.37. The van der Waals surface area contributed by atoms with Crippen molar-refractivity contribution in [3.8, 4) is 11.5 Å². The normalized spacial score (nSPS) is 10.1. The minimum atomic E-state index is 0.764. The van der Waals surface area contributed by atoms with Crippen LogP contribution in [0.5, 0.6) is 0 Å².